The molecule has 104 valence electrons. The molecule has 0 saturated heterocycles. The van der Waals surface area contributed by atoms with Crippen LogP contribution in [0.25, 0.3) is 0 Å². The second kappa shape index (κ2) is 6.35. The Morgan fingerprint density at radius 3 is 2.35 bits per heavy atom. The zero-order valence-electron chi connectivity index (χ0n) is 12.0. The molecule has 0 saturated carbocycles. The van der Waals surface area contributed by atoms with Crippen LogP contribution in [0.5, 0.6) is 0 Å². The van der Waals surface area contributed by atoms with E-state index < -0.39 is 6.10 Å². The summed E-state index contributed by atoms with van der Waals surface area (Å²) < 4.78 is 5.31. The number of aryl methyl sites for hydroxylation is 2. The first-order chi connectivity index (χ1) is 9.61. The van der Waals surface area contributed by atoms with Crippen LogP contribution in [0.15, 0.2) is 48.5 Å². The van der Waals surface area contributed by atoms with Gasteiger partial charge in [0.05, 0.1) is 0 Å². The quantitative estimate of drug-likeness (QED) is 0.920. The normalized spacial score (nSPS) is 11.9. The van der Waals surface area contributed by atoms with Gasteiger partial charge >= 0.3 is 0 Å². The summed E-state index contributed by atoms with van der Waals surface area (Å²) in [6.45, 7) is 4.07. The number of hydrogen-bond donors (Lipinski definition) is 1. The minimum atomic E-state index is -0.599. The van der Waals surface area contributed by atoms with Crippen molar-refractivity contribution in [2.24, 2.45) is 0 Å². The molecule has 0 aliphatic rings. The van der Waals surface area contributed by atoms with Crippen LogP contribution in [0.1, 0.15) is 22.8 Å². The summed E-state index contributed by atoms with van der Waals surface area (Å²) in [4.78, 5) is 12.3. The standard InChI is InChI=1S/C17H19NO2/c1-12-9-10-15(11-13(12)2)18-17(19)16(20-3)14-7-5-4-6-8-14/h4-11,16H,1-3H3,(H,18,19). The number of carbonyl (C=O) groups is 1. The highest BCUT2D eigenvalue weighted by molar-refractivity contribution is 5.95. The van der Waals surface area contributed by atoms with Crippen molar-refractivity contribution in [3.05, 3.63) is 65.2 Å². The maximum absolute atomic E-state index is 12.3. The predicted octanol–water partition coefficient (Wildman–Crippen LogP) is 3.63. The van der Waals surface area contributed by atoms with Crippen molar-refractivity contribution in [1.82, 2.24) is 0 Å². The number of nitrogens with one attached hydrogen (secondary N) is 1. The molecular formula is C17H19NO2. The number of anilines is 1. The molecule has 0 fully saturated rings. The largest absolute Gasteiger partial charge is 0.367 e. The van der Waals surface area contributed by atoms with E-state index in [2.05, 4.69) is 5.32 Å². The summed E-state index contributed by atoms with van der Waals surface area (Å²) in [6, 6.07) is 15.3. The maximum atomic E-state index is 12.3. The van der Waals surface area contributed by atoms with Gasteiger partial charge in [-0.15, -0.1) is 0 Å². The lowest BCUT2D eigenvalue weighted by atomic mass is 10.1. The van der Waals surface area contributed by atoms with Crippen molar-refractivity contribution in [3.8, 4) is 0 Å². The molecule has 0 spiro atoms. The first-order valence-corrected chi connectivity index (χ1v) is 6.57. The van der Waals surface area contributed by atoms with Gasteiger partial charge in [-0.25, -0.2) is 0 Å². The Labute approximate surface area is 119 Å². The third-order valence-corrected chi connectivity index (χ3v) is 3.35. The molecule has 1 atom stereocenters. The lowest BCUT2D eigenvalue weighted by Crippen LogP contribution is -2.22. The average molecular weight is 269 g/mol. The predicted molar refractivity (Wildman–Crippen MR) is 80.7 cm³/mol. The van der Waals surface area contributed by atoms with Gasteiger partial charge in [-0.2, -0.15) is 0 Å². The fourth-order valence-corrected chi connectivity index (χ4v) is 2.05. The lowest BCUT2D eigenvalue weighted by Gasteiger charge is -2.16. The summed E-state index contributed by atoms with van der Waals surface area (Å²) in [5, 5.41) is 2.90. The van der Waals surface area contributed by atoms with Crippen molar-refractivity contribution in [2.45, 2.75) is 20.0 Å². The molecule has 3 heteroatoms. The summed E-state index contributed by atoms with van der Waals surface area (Å²) in [7, 11) is 1.54. The molecule has 0 radical (unpaired) electrons. The minimum Gasteiger partial charge on any atom is -0.367 e. The molecule has 20 heavy (non-hydrogen) atoms. The van der Waals surface area contributed by atoms with Crippen LogP contribution in [-0.2, 0) is 9.53 Å². The van der Waals surface area contributed by atoms with Gasteiger partial charge in [0.25, 0.3) is 5.91 Å². The maximum Gasteiger partial charge on any atom is 0.258 e. The van der Waals surface area contributed by atoms with E-state index in [1.807, 2.05) is 62.4 Å². The van der Waals surface area contributed by atoms with E-state index in [9.17, 15) is 4.79 Å². The molecule has 0 aromatic heterocycles. The summed E-state index contributed by atoms with van der Waals surface area (Å²) in [5.74, 6) is -0.165. The summed E-state index contributed by atoms with van der Waals surface area (Å²) >= 11 is 0. The molecule has 1 unspecified atom stereocenters. The monoisotopic (exact) mass is 269 g/mol. The number of hydrogen-bond acceptors (Lipinski definition) is 2. The minimum absolute atomic E-state index is 0.165. The van der Waals surface area contributed by atoms with Crippen LogP contribution in [-0.4, -0.2) is 13.0 Å². The molecule has 2 aromatic carbocycles. The van der Waals surface area contributed by atoms with Crippen LogP contribution >= 0.6 is 0 Å². The Kier molecular flexibility index (Phi) is 4.53. The third-order valence-electron chi connectivity index (χ3n) is 3.35. The molecule has 2 aromatic rings. The number of amides is 1. The van der Waals surface area contributed by atoms with Crippen LogP contribution in [0, 0.1) is 13.8 Å². The second-order valence-corrected chi connectivity index (χ2v) is 4.81. The first-order valence-electron chi connectivity index (χ1n) is 6.57. The molecule has 0 heterocycles. The molecular weight excluding hydrogens is 250 g/mol. The van der Waals surface area contributed by atoms with Crippen LogP contribution < -0.4 is 5.32 Å². The Morgan fingerprint density at radius 2 is 1.75 bits per heavy atom. The number of methoxy groups -OCH3 is 1. The molecule has 0 aliphatic carbocycles. The highest BCUT2D eigenvalue weighted by atomic mass is 16.5. The molecule has 3 nitrogen and oxygen atoms in total. The van der Waals surface area contributed by atoms with Gasteiger partial charge in [0.2, 0.25) is 0 Å². The highest BCUT2D eigenvalue weighted by Crippen LogP contribution is 2.20. The van der Waals surface area contributed by atoms with E-state index in [4.69, 9.17) is 4.74 Å². The topological polar surface area (TPSA) is 38.3 Å². The number of carbonyl (C=O) groups excluding carboxylic acids is 1. The Balaban J connectivity index is 2.15. The molecule has 1 amide bonds. The van der Waals surface area contributed by atoms with E-state index in [1.54, 1.807) is 0 Å². The number of ether oxygens (including phenoxy) is 1. The zero-order chi connectivity index (χ0) is 14.5. The molecule has 0 aliphatic heterocycles. The van der Waals surface area contributed by atoms with E-state index >= 15 is 0 Å². The van der Waals surface area contributed by atoms with Gasteiger partial charge in [-0.05, 0) is 42.7 Å². The smallest absolute Gasteiger partial charge is 0.258 e. The second-order valence-electron chi connectivity index (χ2n) is 4.81. The fraction of sp³-hybridized carbons (Fsp3) is 0.235. The van der Waals surface area contributed by atoms with Crippen molar-refractivity contribution in [1.29, 1.82) is 0 Å². The Hall–Kier alpha value is -2.13. The van der Waals surface area contributed by atoms with Gasteiger partial charge in [-0.1, -0.05) is 36.4 Å². The Morgan fingerprint density at radius 1 is 1.05 bits per heavy atom. The zero-order valence-corrected chi connectivity index (χ0v) is 12.0. The summed E-state index contributed by atoms with van der Waals surface area (Å²) in [6.07, 6.45) is -0.599. The van der Waals surface area contributed by atoms with Crippen molar-refractivity contribution in [2.75, 3.05) is 12.4 Å². The number of rotatable bonds is 4. The average Bonchev–Trinajstić information content (AvgIpc) is 2.45. The number of benzene rings is 2. The first kappa shape index (κ1) is 14.3. The van der Waals surface area contributed by atoms with Gasteiger partial charge in [-0.3, -0.25) is 4.79 Å². The van der Waals surface area contributed by atoms with Crippen LogP contribution in [0.2, 0.25) is 0 Å². The lowest BCUT2D eigenvalue weighted by molar-refractivity contribution is -0.126. The summed E-state index contributed by atoms with van der Waals surface area (Å²) in [5.41, 5.74) is 3.98. The van der Waals surface area contributed by atoms with Gasteiger partial charge in [0.1, 0.15) is 0 Å². The van der Waals surface area contributed by atoms with E-state index in [-0.39, 0.29) is 5.91 Å². The van der Waals surface area contributed by atoms with E-state index in [1.165, 1.54) is 12.7 Å². The van der Waals surface area contributed by atoms with Gasteiger partial charge in [0.15, 0.2) is 6.10 Å². The van der Waals surface area contributed by atoms with Crippen LogP contribution in [0.3, 0.4) is 0 Å². The van der Waals surface area contributed by atoms with E-state index in [0.29, 0.717) is 0 Å². The van der Waals surface area contributed by atoms with Crippen LogP contribution in [0.4, 0.5) is 5.69 Å². The Bertz CT molecular complexity index is 593. The highest BCUT2D eigenvalue weighted by Gasteiger charge is 2.19. The van der Waals surface area contributed by atoms with Gasteiger partial charge in [0, 0.05) is 12.8 Å². The SMILES string of the molecule is COC(C(=O)Nc1ccc(C)c(C)c1)c1ccccc1. The molecule has 0 bridgehead atoms. The fourth-order valence-electron chi connectivity index (χ4n) is 2.05. The van der Waals surface area contributed by atoms with Crippen molar-refractivity contribution < 1.29 is 9.53 Å². The van der Waals surface area contributed by atoms with Gasteiger partial charge < -0.3 is 10.1 Å². The van der Waals surface area contributed by atoms with E-state index in [0.717, 1.165) is 16.8 Å². The van der Waals surface area contributed by atoms with Crippen molar-refractivity contribution in [3.63, 3.8) is 0 Å². The molecule has 2 rings (SSSR count). The van der Waals surface area contributed by atoms with Crippen molar-refractivity contribution >= 4 is 11.6 Å². The molecule has 1 N–H and O–H groups in total. The third kappa shape index (κ3) is 3.25.